The number of rotatable bonds is 3. The average Bonchev–Trinajstić information content (AvgIpc) is 2.68. The Kier molecular flexibility index (Phi) is 10.7. The Morgan fingerprint density at radius 1 is 1.26 bits per heavy atom. The predicted octanol–water partition coefficient (Wildman–Crippen LogP) is -0.454. The smallest absolute Gasteiger partial charge is 0.320 e. The van der Waals surface area contributed by atoms with Gasteiger partial charge < -0.3 is 26.0 Å². The van der Waals surface area contributed by atoms with Gasteiger partial charge in [0.05, 0.1) is 6.33 Å². The van der Waals surface area contributed by atoms with Crippen LogP contribution in [0.1, 0.15) is 19.5 Å². The van der Waals surface area contributed by atoms with Crippen molar-refractivity contribution < 1.29 is 29.7 Å². The third-order valence-corrected chi connectivity index (χ3v) is 1.31. The molecule has 1 atom stereocenters. The molecule has 0 saturated carbocycles. The molecule has 0 saturated heterocycles. The minimum Gasteiger partial charge on any atom is -0.481 e. The van der Waals surface area contributed by atoms with Gasteiger partial charge in [-0.25, -0.2) is 4.98 Å². The maximum absolute atomic E-state index is 10.3. The standard InChI is InChI=1S/C6H9N3O2.2C2H4O2/c7-5(6(10)11)1-4-2-8-3-9-4;2*1-2(3)4/h2-3,5H,1,7H2,(H,8,9)(H,10,11);2*1H3,(H,3,4). The molecule has 0 aliphatic carbocycles. The van der Waals surface area contributed by atoms with E-state index < -0.39 is 23.9 Å². The SMILES string of the molecule is CC(=O)O.CC(=O)O.NC(Cc1cnc[nH]1)C(=O)O. The molecule has 9 heteroatoms. The Morgan fingerprint density at radius 3 is 1.95 bits per heavy atom. The number of nitrogens with one attached hydrogen (secondary N) is 1. The molecule has 1 rings (SSSR count). The van der Waals surface area contributed by atoms with Crippen LogP contribution in [0.2, 0.25) is 0 Å². The van der Waals surface area contributed by atoms with Crippen LogP contribution in [0.15, 0.2) is 12.5 Å². The van der Waals surface area contributed by atoms with Crippen LogP contribution in [0.5, 0.6) is 0 Å². The fraction of sp³-hybridized carbons (Fsp3) is 0.400. The average molecular weight is 275 g/mol. The van der Waals surface area contributed by atoms with Crippen molar-refractivity contribution in [1.29, 1.82) is 0 Å². The van der Waals surface area contributed by atoms with Crippen molar-refractivity contribution in [3.63, 3.8) is 0 Å². The van der Waals surface area contributed by atoms with Crippen LogP contribution >= 0.6 is 0 Å². The van der Waals surface area contributed by atoms with E-state index >= 15 is 0 Å². The van der Waals surface area contributed by atoms with E-state index in [4.69, 9.17) is 30.6 Å². The highest BCUT2D eigenvalue weighted by Gasteiger charge is 2.11. The number of nitrogens with zero attached hydrogens (tertiary/aromatic N) is 1. The quantitative estimate of drug-likeness (QED) is 0.494. The second-order valence-electron chi connectivity index (χ2n) is 3.26. The zero-order chi connectivity index (χ0) is 15.4. The number of carboxylic acids is 3. The number of H-pyrrole nitrogens is 1. The molecule has 0 aromatic carbocycles. The summed E-state index contributed by atoms with van der Waals surface area (Å²) < 4.78 is 0. The van der Waals surface area contributed by atoms with Crippen molar-refractivity contribution in [3.05, 3.63) is 18.2 Å². The zero-order valence-electron chi connectivity index (χ0n) is 10.5. The minimum atomic E-state index is -1.00. The molecule has 0 aliphatic heterocycles. The second-order valence-corrected chi connectivity index (χ2v) is 3.26. The van der Waals surface area contributed by atoms with E-state index in [0.717, 1.165) is 19.5 Å². The molecular weight excluding hydrogens is 258 g/mol. The van der Waals surface area contributed by atoms with E-state index in [9.17, 15) is 4.79 Å². The fourth-order valence-corrected chi connectivity index (χ4v) is 0.721. The van der Waals surface area contributed by atoms with Crippen LogP contribution in [-0.4, -0.2) is 49.2 Å². The van der Waals surface area contributed by atoms with Crippen molar-refractivity contribution in [2.75, 3.05) is 0 Å². The molecule has 19 heavy (non-hydrogen) atoms. The number of carbonyl (C=O) groups is 3. The van der Waals surface area contributed by atoms with Crippen molar-refractivity contribution in [2.24, 2.45) is 5.73 Å². The Labute approximate surface area is 109 Å². The summed E-state index contributed by atoms with van der Waals surface area (Å²) in [4.78, 5) is 34.8. The molecule has 0 fully saturated rings. The Bertz CT molecular complexity index is 370. The first-order valence-corrected chi connectivity index (χ1v) is 5.01. The van der Waals surface area contributed by atoms with Gasteiger partial charge in [-0.3, -0.25) is 14.4 Å². The van der Waals surface area contributed by atoms with Gasteiger partial charge in [0.1, 0.15) is 6.04 Å². The van der Waals surface area contributed by atoms with Crippen LogP contribution in [0, 0.1) is 0 Å². The zero-order valence-corrected chi connectivity index (χ0v) is 10.5. The molecule has 1 unspecified atom stereocenters. The first-order chi connectivity index (χ1) is 8.66. The van der Waals surface area contributed by atoms with E-state index in [0.29, 0.717) is 0 Å². The van der Waals surface area contributed by atoms with E-state index in [1.165, 1.54) is 6.33 Å². The summed E-state index contributed by atoms with van der Waals surface area (Å²) in [6, 6.07) is -0.851. The lowest BCUT2D eigenvalue weighted by Gasteiger charge is -2.02. The van der Waals surface area contributed by atoms with Crippen LogP contribution in [-0.2, 0) is 20.8 Å². The van der Waals surface area contributed by atoms with Gasteiger partial charge in [-0.2, -0.15) is 0 Å². The molecule has 0 aliphatic rings. The normalized spacial score (nSPS) is 10.1. The molecule has 108 valence electrons. The van der Waals surface area contributed by atoms with Crippen LogP contribution in [0.25, 0.3) is 0 Å². The number of aliphatic carboxylic acids is 3. The fourth-order valence-electron chi connectivity index (χ4n) is 0.721. The molecule has 9 nitrogen and oxygen atoms in total. The Balaban J connectivity index is 0. The first kappa shape index (κ1) is 18.9. The van der Waals surface area contributed by atoms with Crippen LogP contribution in [0.3, 0.4) is 0 Å². The molecule has 0 amide bonds. The summed E-state index contributed by atoms with van der Waals surface area (Å²) >= 11 is 0. The van der Waals surface area contributed by atoms with Crippen molar-refractivity contribution in [2.45, 2.75) is 26.3 Å². The number of hydrogen-bond donors (Lipinski definition) is 5. The van der Waals surface area contributed by atoms with Gasteiger partial charge in [-0.05, 0) is 0 Å². The van der Waals surface area contributed by atoms with E-state index in [2.05, 4.69) is 9.97 Å². The summed E-state index contributed by atoms with van der Waals surface area (Å²) in [5.74, 6) is -2.67. The third kappa shape index (κ3) is 18.2. The van der Waals surface area contributed by atoms with E-state index in [1.54, 1.807) is 6.20 Å². The molecular formula is C10H17N3O6. The number of aromatic amines is 1. The lowest BCUT2D eigenvalue weighted by atomic mass is 10.2. The van der Waals surface area contributed by atoms with E-state index in [1.807, 2.05) is 0 Å². The Hall–Kier alpha value is -2.42. The van der Waals surface area contributed by atoms with Gasteiger partial charge in [0.25, 0.3) is 11.9 Å². The molecule has 0 radical (unpaired) electrons. The monoisotopic (exact) mass is 275 g/mol. The maximum atomic E-state index is 10.3. The van der Waals surface area contributed by atoms with Crippen LogP contribution in [0.4, 0.5) is 0 Å². The molecule has 1 aromatic heterocycles. The van der Waals surface area contributed by atoms with Gasteiger partial charge in [0.15, 0.2) is 0 Å². The predicted molar refractivity (Wildman–Crippen MR) is 64.5 cm³/mol. The topological polar surface area (TPSA) is 167 Å². The van der Waals surface area contributed by atoms with Gasteiger partial charge >= 0.3 is 5.97 Å². The summed E-state index contributed by atoms with van der Waals surface area (Å²) in [7, 11) is 0. The number of imidazole rings is 1. The van der Waals surface area contributed by atoms with E-state index in [-0.39, 0.29) is 6.42 Å². The minimum absolute atomic E-state index is 0.287. The molecule has 6 N–H and O–H groups in total. The van der Waals surface area contributed by atoms with Gasteiger partial charge in [-0.1, -0.05) is 0 Å². The number of aromatic nitrogens is 2. The first-order valence-electron chi connectivity index (χ1n) is 5.01. The largest absolute Gasteiger partial charge is 0.481 e. The lowest BCUT2D eigenvalue weighted by Crippen LogP contribution is -2.32. The summed E-state index contributed by atoms with van der Waals surface area (Å²) in [6.45, 7) is 2.17. The van der Waals surface area contributed by atoms with Crippen molar-refractivity contribution in [3.8, 4) is 0 Å². The van der Waals surface area contributed by atoms with Crippen LogP contribution < -0.4 is 5.73 Å². The summed E-state index contributed by atoms with van der Waals surface area (Å²) in [5.41, 5.74) is 6.00. The number of nitrogens with two attached hydrogens (primary N) is 1. The third-order valence-electron chi connectivity index (χ3n) is 1.31. The number of carboxylic acid groups (broad SMARTS) is 3. The second kappa shape index (κ2) is 10.7. The van der Waals surface area contributed by atoms with Gasteiger partial charge in [-0.15, -0.1) is 0 Å². The summed E-state index contributed by atoms with van der Waals surface area (Å²) in [5, 5.41) is 23.3. The molecule has 1 heterocycles. The summed E-state index contributed by atoms with van der Waals surface area (Å²) in [6.07, 6.45) is 3.34. The van der Waals surface area contributed by atoms with Gasteiger partial charge in [0, 0.05) is 32.2 Å². The Morgan fingerprint density at radius 2 is 1.68 bits per heavy atom. The highest BCUT2D eigenvalue weighted by Crippen LogP contribution is 1.95. The molecule has 0 spiro atoms. The number of hydrogen-bond acceptors (Lipinski definition) is 5. The maximum Gasteiger partial charge on any atom is 0.320 e. The van der Waals surface area contributed by atoms with Crippen molar-refractivity contribution >= 4 is 17.9 Å². The molecule has 1 aromatic rings. The lowest BCUT2D eigenvalue weighted by molar-refractivity contribution is -0.138. The highest BCUT2D eigenvalue weighted by atomic mass is 16.4. The molecule has 0 bridgehead atoms. The van der Waals surface area contributed by atoms with Gasteiger partial charge in [0.2, 0.25) is 0 Å². The highest BCUT2D eigenvalue weighted by molar-refractivity contribution is 5.73. The van der Waals surface area contributed by atoms with Crippen molar-refractivity contribution in [1.82, 2.24) is 9.97 Å².